The van der Waals surface area contributed by atoms with Gasteiger partial charge < -0.3 is 15.6 Å². The zero-order valence-corrected chi connectivity index (χ0v) is 8.91. The zero-order valence-electron chi connectivity index (χ0n) is 7.33. The molecule has 3 N–H and O–H groups in total. The molecule has 0 aromatic heterocycles. The molecule has 1 rings (SSSR count). The summed E-state index contributed by atoms with van der Waals surface area (Å²) in [4.78, 5) is 0. The minimum absolute atomic E-state index is 0.167. The van der Waals surface area contributed by atoms with Crippen LogP contribution in [0.1, 0.15) is 11.6 Å². The summed E-state index contributed by atoms with van der Waals surface area (Å²) in [5.74, 6) is 0.222. The summed E-state index contributed by atoms with van der Waals surface area (Å²) in [5.41, 5.74) is 6.75. The van der Waals surface area contributed by atoms with Gasteiger partial charge in [0, 0.05) is 11.6 Å². The van der Waals surface area contributed by atoms with E-state index in [0.717, 1.165) is 10.0 Å². The van der Waals surface area contributed by atoms with E-state index >= 15 is 0 Å². The SMILES string of the molecule is COC[C@@H](N)c1ccc(O)cc1Br. The molecule has 0 radical (unpaired) electrons. The highest BCUT2D eigenvalue weighted by atomic mass is 79.9. The van der Waals surface area contributed by atoms with Gasteiger partial charge in [-0.2, -0.15) is 0 Å². The maximum absolute atomic E-state index is 9.15. The van der Waals surface area contributed by atoms with Crippen LogP contribution in [-0.4, -0.2) is 18.8 Å². The molecule has 0 fully saturated rings. The minimum Gasteiger partial charge on any atom is -0.508 e. The first-order valence-corrected chi connectivity index (χ1v) is 4.67. The number of hydrogen-bond donors (Lipinski definition) is 2. The van der Waals surface area contributed by atoms with Crippen molar-refractivity contribution in [3.63, 3.8) is 0 Å². The number of nitrogens with two attached hydrogens (primary N) is 1. The first-order chi connectivity index (χ1) is 6.15. The highest BCUT2D eigenvalue weighted by molar-refractivity contribution is 9.10. The Balaban J connectivity index is 2.88. The Morgan fingerprint density at radius 1 is 1.62 bits per heavy atom. The average Bonchev–Trinajstić information content (AvgIpc) is 2.04. The Morgan fingerprint density at radius 3 is 2.85 bits per heavy atom. The van der Waals surface area contributed by atoms with Gasteiger partial charge in [0.25, 0.3) is 0 Å². The van der Waals surface area contributed by atoms with Crippen molar-refractivity contribution in [3.05, 3.63) is 28.2 Å². The number of aromatic hydroxyl groups is 1. The summed E-state index contributed by atoms with van der Waals surface area (Å²) in [6, 6.07) is 4.84. The van der Waals surface area contributed by atoms with Crippen LogP contribution in [0.3, 0.4) is 0 Å². The lowest BCUT2D eigenvalue weighted by molar-refractivity contribution is 0.180. The third kappa shape index (κ3) is 2.69. The number of phenolic OH excluding ortho intramolecular Hbond substituents is 1. The number of hydrogen-bond acceptors (Lipinski definition) is 3. The molecule has 0 aliphatic rings. The summed E-state index contributed by atoms with van der Waals surface area (Å²) < 4.78 is 5.74. The number of phenols is 1. The molecule has 0 unspecified atom stereocenters. The van der Waals surface area contributed by atoms with Crippen molar-refractivity contribution >= 4 is 15.9 Å². The number of methoxy groups -OCH3 is 1. The zero-order chi connectivity index (χ0) is 9.84. The number of rotatable bonds is 3. The molecule has 72 valence electrons. The average molecular weight is 246 g/mol. The van der Waals surface area contributed by atoms with Gasteiger partial charge in [-0.3, -0.25) is 0 Å². The van der Waals surface area contributed by atoms with E-state index in [4.69, 9.17) is 15.6 Å². The second kappa shape index (κ2) is 4.60. The molecule has 0 aliphatic carbocycles. The molecular weight excluding hydrogens is 234 g/mol. The molecule has 0 amide bonds. The predicted molar refractivity (Wildman–Crippen MR) is 54.6 cm³/mol. The van der Waals surface area contributed by atoms with E-state index in [2.05, 4.69) is 15.9 Å². The molecule has 0 aliphatic heterocycles. The van der Waals surface area contributed by atoms with Gasteiger partial charge in [0.05, 0.1) is 12.6 Å². The van der Waals surface area contributed by atoms with Crippen LogP contribution in [0.2, 0.25) is 0 Å². The number of benzene rings is 1. The van der Waals surface area contributed by atoms with Crippen LogP contribution in [0.4, 0.5) is 0 Å². The molecule has 1 aromatic carbocycles. The van der Waals surface area contributed by atoms with Crippen molar-refractivity contribution in [2.24, 2.45) is 5.73 Å². The summed E-state index contributed by atoms with van der Waals surface area (Å²) in [6.45, 7) is 0.462. The van der Waals surface area contributed by atoms with Crippen molar-refractivity contribution in [1.82, 2.24) is 0 Å². The topological polar surface area (TPSA) is 55.5 Å². The molecular formula is C9H12BrNO2. The van der Waals surface area contributed by atoms with Crippen LogP contribution in [-0.2, 0) is 4.74 Å². The van der Waals surface area contributed by atoms with Gasteiger partial charge in [-0.25, -0.2) is 0 Å². The molecule has 0 spiro atoms. The fourth-order valence-corrected chi connectivity index (χ4v) is 1.75. The molecule has 4 heteroatoms. The van der Waals surface area contributed by atoms with Gasteiger partial charge in [-0.15, -0.1) is 0 Å². The minimum atomic E-state index is -0.167. The lowest BCUT2D eigenvalue weighted by Crippen LogP contribution is -2.16. The molecule has 0 bridgehead atoms. The fourth-order valence-electron chi connectivity index (χ4n) is 1.09. The third-order valence-corrected chi connectivity index (χ3v) is 2.42. The molecule has 1 aromatic rings. The first-order valence-electron chi connectivity index (χ1n) is 3.88. The lowest BCUT2D eigenvalue weighted by atomic mass is 10.1. The molecule has 13 heavy (non-hydrogen) atoms. The summed E-state index contributed by atoms with van der Waals surface area (Å²) in [5, 5.41) is 9.15. The second-order valence-corrected chi connectivity index (χ2v) is 3.62. The molecule has 0 saturated carbocycles. The van der Waals surface area contributed by atoms with Gasteiger partial charge in [-0.1, -0.05) is 22.0 Å². The van der Waals surface area contributed by atoms with E-state index < -0.39 is 0 Å². The Kier molecular flexibility index (Phi) is 3.71. The van der Waals surface area contributed by atoms with Crippen LogP contribution >= 0.6 is 15.9 Å². The number of ether oxygens (including phenoxy) is 1. The van der Waals surface area contributed by atoms with Crippen molar-refractivity contribution in [2.75, 3.05) is 13.7 Å². The van der Waals surface area contributed by atoms with Gasteiger partial charge in [0.15, 0.2) is 0 Å². The maximum atomic E-state index is 9.15. The van der Waals surface area contributed by atoms with Crippen LogP contribution in [0.5, 0.6) is 5.75 Å². The quantitative estimate of drug-likeness (QED) is 0.854. The standard InChI is InChI=1S/C9H12BrNO2/c1-13-5-9(11)7-3-2-6(12)4-8(7)10/h2-4,9,12H,5,11H2,1H3/t9-/m1/s1. The summed E-state index contributed by atoms with van der Waals surface area (Å²) in [6.07, 6.45) is 0. The van der Waals surface area contributed by atoms with E-state index in [1.165, 1.54) is 0 Å². The highest BCUT2D eigenvalue weighted by Crippen LogP contribution is 2.26. The van der Waals surface area contributed by atoms with Crippen LogP contribution < -0.4 is 5.73 Å². The monoisotopic (exact) mass is 245 g/mol. The fraction of sp³-hybridized carbons (Fsp3) is 0.333. The summed E-state index contributed by atoms with van der Waals surface area (Å²) in [7, 11) is 1.61. The van der Waals surface area contributed by atoms with Crippen molar-refractivity contribution in [3.8, 4) is 5.75 Å². The van der Waals surface area contributed by atoms with Gasteiger partial charge >= 0.3 is 0 Å². The van der Waals surface area contributed by atoms with Crippen LogP contribution in [0.15, 0.2) is 22.7 Å². The number of halogens is 1. The maximum Gasteiger partial charge on any atom is 0.116 e. The van der Waals surface area contributed by atoms with Crippen molar-refractivity contribution < 1.29 is 9.84 Å². The van der Waals surface area contributed by atoms with E-state index in [0.29, 0.717) is 6.61 Å². The molecule has 0 saturated heterocycles. The Morgan fingerprint density at radius 2 is 2.31 bits per heavy atom. The van der Waals surface area contributed by atoms with Crippen molar-refractivity contribution in [2.45, 2.75) is 6.04 Å². The van der Waals surface area contributed by atoms with Gasteiger partial charge in [0.1, 0.15) is 5.75 Å². The molecule has 3 nitrogen and oxygen atoms in total. The van der Waals surface area contributed by atoms with E-state index in [1.54, 1.807) is 25.3 Å². The second-order valence-electron chi connectivity index (χ2n) is 2.77. The van der Waals surface area contributed by atoms with E-state index in [-0.39, 0.29) is 11.8 Å². The lowest BCUT2D eigenvalue weighted by Gasteiger charge is -2.12. The van der Waals surface area contributed by atoms with E-state index in [9.17, 15) is 0 Å². The molecule has 1 atom stereocenters. The van der Waals surface area contributed by atoms with Gasteiger partial charge in [0.2, 0.25) is 0 Å². The smallest absolute Gasteiger partial charge is 0.116 e. The Labute approximate surface area is 85.6 Å². The van der Waals surface area contributed by atoms with Crippen LogP contribution in [0, 0.1) is 0 Å². The highest BCUT2D eigenvalue weighted by Gasteiger charge is 2.09. The Hall–Kier alpha value is -0.580. The van der Waals surface area contributed by atoms with E-state index in [1.807, 2.05) is 0 Å². The normalized spacial score (nSPS) is 12.8. The first kappa shape index (κ1) is 10.5. The predicted octanol–water partition coefficient (Wildman–Crippen LogP) is 1.80. The summed E-state index contributed by atoms with van der Waals surface area (Å²) >= 11 is 3.32. The Bertz CT molecular complexity index is 291. The van der Waals surface area contributed by atoms with Crippen LogP contribution in [0.25, 0.3) is 0 Å². The molecule has 0 heterocycles. The van der Waals surface area contributed by atoms with Crippen molar-refractivity contribution in [1.29, 1.82) is 0 Å². The largest absolute Gasteiger partial charge is 0.508 e. The van der Waals surface area contributed by atoms with Gasteiger partial charge in [-0.05, 0) is 17.7 Å². The third-order valence-electron chi connectivity index (χ3n) is 1.73.